The van der Waals surface area contributed by atoms with E-state index in [-0.39, 0.29) is 4.90 Å². The molecule has 0 amide bonds. The average molecular weight is 333 g/mol. The standard InChI is InChI=1S/C15H19N5O2S/c16-23(21,22)13-5-1-11(2-6-13)7-8-17-14-9-15(19-10-18-14)20-12-3-4-12/h1-2,5-6,9-10,12H,3-4,7-8H2,(H2,16,21,22)(H2,17,18,19,20). The van der Waals surface area contributed by atoms with Crippen LogP contribution >= 0.6 is 0 Å². The quantitative estimate of drug-likeness (QED) is 0.705. The summed E-state index contributed by atoms with van der Waals surface area (Å²) >= 11 is 0. The van der Waals surface area contributed by atoms with Crippen LogP contribution in [0.15, 0.2) is 41.6 Å². The smallest absolute Gasteiger partial charge is 0.238 e. The number of nitrogens with zero attached hydrogens (tertiary/aromatic N) is 2. The number of hydrogen-bond acceptors (Lipinski definition) is 6. The van der Waals surface area contributed by atoms with Gasteiger partial charge in [-0.2, -0.15) is 0 Å². The Morgan fingerprint density at radius 3 is 2.48 bits per heavy atom. The topological polar surface area (TPSA) is 110 Å². The molecule has 7 nitrogen and oxygen atoms in total. The summed E-state index contributed by atoms with van der Waals surface area (Å²) in [6, 6.07) is 9.01. The zero-order chi connectivity index (χ0) is 16.3. The zero-order valence-corrected chi connectivity index (χ0v) is 13.4. The highest BCUT2D eigenvalue weighted by molar-refractivity contribution is 7.89. The van der Waals surface area contributed by atoms with Crippen LogP contribution in [0.2, 0.25) is 0 Å². The first-order valence-corrected chi connectivity index (χ1v) is 8.99. The molecule has 122 valence electrons. The third-order valence-electron chi connectivity index (χ3n) is 3.57. The predicted molar refractivity (Wildman–Crippen MR) is 88.7 cm³/mol. The fourth-order valence-electron chi connectivity index (χ4n) is 2.15. The van der Waals surface area contributed by atoms with Crippen molar-refractivity contribution >= 4 is 21.7 Å². The first-order chi connectivity index (χ1) is 11.0. The maximum atomic E-state index is 11.2. The van der Waals surface area contributed by atoms with E-state index in [0.29, 0.717) is 12.6 Å². The molecule has 3 rings (SSSR count). The van der Waals surface area contributed by atoms with Gasteiger partial charge in [0, 0.05) is 18.7 Å². The zero-order valence-electron chi connectivity index (χ0n) is 12.6. The van der Waals surface area contributed by atoms with E-state index < -0.39 is 10.0 Å². The predicted octanol–water partition coefficient (Wildman–Crippen LogP) is 1.35. The van der Waals surface area contributed by atoms with Crippen molar-refractivity contribution < 1.29 is 8.42 Å². The van der Waals surface area contributed by atoms with Gasteiger partial charge in [-0.1, -0.05) is 12.1 Å². The second kappa shape index (κ2) is 6.51. The van der Waals surface area contributed by atoms with Crippen molar-refractivity contribution in [3.63, 3.8) is 0 Å². The van der Waals surface area contributed by atoms with Crippen LogP contribution in [-0.2, 0) is 16.4 Å². The maximum Gasteiger partial charge on any atom is 0.238 e. The van der Waals surface area contributed by atoms with Crippen molar-refractivity contribution in [3.05, 3.63) is 42.2 Å². The van der Waals surface area contributed by atoms with Gasteiger partial charge in [-0.3, -0.25) is 0 Å². The molecule has 0 bridgehead atoms. The van der Waals surface area contributed by atoms with Crippen LogP contribution < -0.4 is 15.8 Å². The minimum Gasteiger partial charge on any atom is -0.370 e. The molecule has 23 heavy (non-hydrogen) atoms. The summed E-state index contributed by atoms with van der Waals surface area (Å²) in [6.45, 7) is 0.689. The summed E-state index contributed by atoms with van der Waals surface area (Å²) in [7, 11) is -3.63. The number of hydrogen-bond donors (Lipinski definition) is 3. The highest BCUT2D eigenvalue weighted by Gasteiger charge is 2.21. The van der Waals surface area contributed by atoms with Gasteiger partial charge in [-0.25, -0.2) is 23.5 Å². The van der Waals surface area contributed by atoms with Gasteiger partial charge < -0.3 is 10.6 Å². The van der Waals surface area contributed by atoms with Gasteiger partial charge in [0.15, 0.2) is 0 Å². The van der Waals surface area contributed by atoms with E-state index in [0.717, 1.165) is 23.6 Å². The highest BCUT2D eigenvalue weighted by Crippen LogP contribution is 2.24. The van der Waals surface area contributed by atoms with Gasteiger partial charge in [0.2, 0.25) is 10.0 Å². The first kappa shape index (κ1) is 15.7. The number of benzene rings is 1. The Bertz CT molecular complexity index is 773. The number of primary sulfonamides is 1. The Kier molecular flexibility index (Phi) is 4.44. The molecule has 0 atom stereocenters. The molecular formula is C15H19N5O2S. The third-order valence-corrected chi connectivity index (χ3v) is 4.50. The van der Waals surface area contributed by atoms with E-state index >= 15 is 0 Å². The van der Waals surface area contributed by atoms with Crippen LogP contribution in [0.4, 0.5) is 11.6 Å². The van der Waals surface area contributed by atoms with Crippen molar-refractivity contribution in [1.82, 2.24) is 9.97 Å². The molecule has 0 saturated heterocycles. The Labute approximate surface area is 135 Å². The molecule has 1 aliphatic carbocycles. The normalized spacial score (nSPS) is 14.5. The van der Waals surface area contributed by atoms with Crippen LogP contribution in [0.5, 0.6) is 0 Å². The van der Waals surface area contributed by atoms with E-state index in [1.165, 1.54) is 31.3 Å². The van der Waals surface area contributed by atoms with Crippen molar-refractivity contribution in [1.29, 1.82) is 0 Å². The largest absolute Gasteiger partial charge is 0.370 e. The van der Waals surface area contributed by atoms with Crippen LogP contribution in [0.3, 0.4) is 0 Å². The second-order valence-electron chi connectivity index (χ2n) is 5.57. The Balaban J connectivity index is 1.52. The lowest BCUT2D eigenvalue weighted by Gasteiger charge is -2.08. The lowest BCUT2D eigenvalue weighted by molar-refractivity contribution is 0.598. The number of anilines is 2. The Morgan fingerprint density at radius 2 is 1.83 bits per heavy atom. The molecule has 0 spiro atoms. The summed E-state index contributed by atoms with van der Waals surface area (Å²) in [4.78, 5) is 8.50. The molecule has 1 fully saturated rings. The third kappa shape index (κ3) is 4.64. The highest BCUT2D eigenvalue weighted by atomic mass is 32.2. The van der Waals surface area contributed by atoms with Crippen LogP contribution in [0.1, 0.15) is 18.4 Å². The number of nitrogens with two attached hydrogens (primary N) is 1. The molecule has 8 heteroatoms. The lowest BCUT2D eigenvalue weighted by Crippen LogP contribution is -2.12. The van der Waals surface area contributed by atoms with Crippen molar-refractivity contribution in [3.8, 4) is 0 Å². The van der Waals surface area contributed by atoms with Gasteiger partial charge in [-0.05, 0) is 37.0 Å². The molecule has 0 unspecified atom stereocenters. The molecule has 1 saturated carbocycles. The van der Waals surface area contributed by atoms with E-state index in [4.69, 9.17) is 5.14 Å². The SMILES string of the molecule is NS(=O)(=O)c1ccc(CCNc2cc(NC3CC3)ncn2)cc1. The van der Waals surface area contributed by atoms with E-state index in [1.807, 2.05) is 6.07 Å². The van der Waals surface area contributed by atoms with Crippen molar-refractivity contribution in [2.24, 2.45) is 5.14 Å². The average Bonchev–Trinajstić information content (AvgIpc) is 3.31. The molecule has 1 aliphatic rings. The first-order valence-electron chi connectivity index (χ1n) is 7.45. The van der Waals surface area contributed by atoms with E-state index in [1.54, 1.807) is 12.1 Å². The number of aromatic nitrogens is 2. The summed E-state index contributed by atoms with van der Waals surface area (Å²) in [5.74, 6) is 1.60. The van der Waals surface area contributed by atoms with Crippen LogP contribution in [0.25, 0.3) is 0 Å². The monoisotopic (exact) mass is 333 g/mol. The van der Waals surface area contributed by atoms with Gasteiger partial charge in [-0.15, -0.1) is 0 Å². The number of sulfonamides is 1. The van der Waals surface area contributed by atoms with E-state index in [9.17, 15) is 8.42 Å². The fourth-order valence-corrected chi connectivity index (χ4v) is 2.67. The Morgan fingerprint density at radius 1 is 1.13 bits per heavy atom. The molecule has 1 aromatic carbocycles. The lowest BCUT2D eigenvalue weighted by atomic mass is 10.1. The summed E-state index contributed by atoms with van der Waals surface area (Å²) in [6.07, 6.45) is 4.68. The molecule has 1 aromatic heterocycles. The Hall–Kier alpha value is -2.19. The van der Waals surface area contributed by atoms with Crippen molar-refractivity contribution in [2.45, 2.75) is 30.2 Å². The molecule has 2 aromatic rings. The second-order valence-corrected chi connectivity index (χ2v) is 7.13. The number of rotatable bonds is 7. The van der Waals surface area contributed by atoms with Gasteiger partial charge in [0.1, 0.15) is 18.0 Å². The summed E-state index contributed by atoms with van der Waals surface area (Å²) in [5, 5.41) is 11.6. The molecule has 0 radical (unpaired) electrons. The van der Waals surface area contributed by atoms with Gasteiger partial charge in [0.05, 0.1) is 4.90 Å². The molecule has 0 aliphatic heterocycles. The minimum absolute atomic E-state index is 0.126. The van der Waals surface area contributed by atoms with Crippen molar-refractivity contribution in [2.75, 3.05) is 17.2 Å². The minimum atomic E-state index is -3.63. The maximum absolute atomic E-state index is 11.2. The summed E-state index contributed by atoms with van der Waals surface area (Å²) in [5.41, 5.74) is 1.02. The molecular weight excluding hydrogens is 314 g/mol. The molecule has 4 N–H and O–H groups in total. The van der Waals surface area contributed by atoms with Crippen LogP contribution in [-0.4, -0.2) is 31.0 Å². The number of nitrogens with one attached hydrogen (secondary N) is 2. The fraction of sp³-hybridized carbons (Fsp3) is 0.333. The van der Waals surface area contributed by atoms with Crippen LogP contribution in [0, 0.1) is 0 Å². The molecule has 1 heterocycles. The van der Waals surface area contributed by atoms with E-state index in [2.05, 4.69) is 20.6 Å². The van der Waals surface area contributed by atoms with Gasteiger partial charge >= 0.3 is 0 Å². The van der Waals surface area contributed by atoms with Gasteiger partial charge in [0.25, 0.3) is 0 Å². The summed E-state index contributed by atoms with van der Waals surface area (Å²) < 4.78 is 22.4.